The van der Waals surface area contributed by atoms with E-state index in [0.717, 1.165) is 11.5 Å². The summed E-state index contributed by atoms with van der Waals surface area (Å²) in [5, 5.41) is 12.8. The summed E-state index contributed by atoms with van der Waals surface area (Å²) in [6, 6.07) is 0.0340. The zero-order valence-electron chi connectivity index (χ0n) is 11.1. The standard InChI is InChI=1S/C11H20N4O2S/c1-6(2)13-10(17)8-9(12)14-18-11(8)15(4)5-7(3)16/h6-7,16H,5H2,1-4H3,(H2,12,14)(H,13,17). The number of rotatable bonds is 5. The lowest BCUT2D eigenvalue weighted by molar-refractivity contribution is 0.0944. The van der Waals surface area contributed by atoms with Crippen molar-refractivity contribution in [3.63, 3.8) is 0 Å². The molecule has 102 valence electrons. The molecule has 0 aromatic carbocycles. The maximum Gasteiger partial charge on any atom is 0.258 e. The number of hydrogen-bond acceptors (Lipinski definition) is 6. The monoisotopic (exact) mass is 272 g/mol. The van der Waals surface area contributed by atoms with Crippen molar-refractivity contribution in [3.8, 4) is 0 Å². The van der Waals surface area contributed by atoms with Gasteiger partial charge in [0.05, 0.1) is 6.10 Å². The molecule has 18 heavy (non-hydrogen) atoms. The van der Waals surface area contributed by atoms with E-state index in [1.165, 1.54) is 0 Å². The van der Waals surface area contributed by atoms with Crippen LogP contribution in [0.2, 0.25) is 0 Å². The first-order valence-corrected chi connectivity index (χ1v) is 6.55. The van der Waals surface area contributed by atoms with Gasteiger partial charge in [-0.05, 0) is 32.3 Å². The van der Waals surface area contributed by atoms with Crippen molar-refractivity contribution in [1.29, 1.82) is 0 Å². The molecule has 0 aliphatic rings. The summed E-state index contributed by atoms with van der Waals surface area (Å²) in [6.07, 6.45) is -0.487. The number of carbonyl (C=O) groups excluding carboxylic acids is 1. The Labute approximate surface area is 111 Å². The van der Waals surface area contributed by atoms with E-state index in [0.29, 0.717) is 17.1 Å². The van der Waals surface area contributed by atoms with Crippen LogP contribution in [0, 0.1) is 0 Å². The highest BCUT2D eigenvalue weighted by Crippen LogP contribution is 2.29. The van der Waals surface area contributed by atoms with Gasteiger partial charge < -0.3 is 21.1 Å². The number of nitrogen functional groups attached to an aromatic ring is 1. The number of aliphatic hydroxyl groups is 1. The summed E-state index contributed by atoms with van der Waals surface area (Å²) >= 11 is 1.16. The van der Waals surface area contributed by atoms with Crippen LogP contribution in [0.5, 0.6) is 0 Å². The summed E-state index contributed by atoms with van der Waals surface area (Å²) < 4.78 is 4.01. The van der Waals surface area contributed by atoms with Gasteiger partial charge in [0.15, 0.2) is 5.82 Å². The van der Waals surface area contributed by atoms with Gasteiger partial charge >= 0.3 is 0 Å². The molecule has 0 saturated heterocycles. The predicted molar refractivity (Wildman–Crippen MR) is 74.1 cm³/mol. The fourth-order valence-corrected chi connectivity index (χ4v) is 2.36. The van der Waals surface area contributed by atoms with Crippen LogP contribution in [0.1, 0.15) is 31.1 Å². The van der Waals surface area contributed by atoms with Crippen molar-refractivity contribution in [2.24, 2.45) is 0 Å². The third-order valence-corrected chi connectivity index (χ3v) is 3.21. The highest BCUT2D eigenvalue weighted by molar-refractivity contribution is 7.11. The minimum absolute atomic E-state index is 0.0340. The first-order chi connectivity index (χ1) is 8.32. The third kappa shape index (κ3) is 3.58. The maximum absolute atomic E-state index is 12.0. The Kier molecular flexibility index (Phi) is 4.92. The summed E-state index contributed by atoms with van der Waals surface area (Å²) in [4.78, 5) is 13.8. The third-order valence-electron chi connectivity index (χ3n) is 2.23. The zero-order valence-corrected chi connectivity index (χ0v) is 11.9. The van der Waals surface area contributed by atoms with Gasteiger partial charge in [0.2, 0.25) is 0 Å². The summed E-state index contributed by atoms with van der Waals surface area (Å²) in [5.74, 6) is -0.00529. The molecule has 7 heteroatoms. The smallest absolute Gasteiger partial charge is 0.258 e. The number of nitrogens with two attached hydrogens (primary N) is 1. The Bertz CT molecular complexity index is 417. The highest BCUT2D eigenvalue weighted by atomic mass is 32.1. The molecule has 0 aliphatic heterocycles. The molecule has 1 unspecified atom stereocenters. The molecule has 4 N–H and O–H groups in total. The second-order valence-electron chi connectivity index (χ2n) is 4.61. The molecule has 0 saturated carbocycles. The number of likely N-dealkylation sites (N-methyl/N-ethyl adjacent to an activating group) is 1. The van der Waals surface area contributed by atoms with Crippen molar-refractivity contribution >= 4 is 28.3 Å². The molecule has 0 fully saturated rings. The van der Waals surface area contributed by atoms with Crippen LogP contribution in [0.15, 0.2) is 0 Å². The lowest BCUT2D eigenvalue weighted by Crippen LogP contribution is -2.33. The van der Waals surface area contributed by atoms with Crippen LogP contribution in [-0.2, 0) is 0 Å². The molecule has 1 amide bonds. The number of nitrogens with one attached hydrogen (secondary N) is 1. The van der Waals surface area contributed by atoms with E-state index < -0.39 is 6.10 Å². The summed E-state index contributed by atoms with van der Waals surface area (Å²) in [6.45, 7) is 5.87. The quantitative estimate of drug-likeness (QED) is 0.733. The van der Waals surface area contributed by atoms with Gasteiger partial charge in [-0.25, -0.2) is 0 Å². The van der Waals surface area contributed by atoms with E-state index in [4.69, 9.17) is 5.73 Å². The lowest BCUT2D eigenvalue weighted by Gasteiger charge is -2.20. The molecular formula is C11H20N4O2S. The van der Waals surface area contributed by atoms with Crippen molar-refractivity contribution < 1.29 is 9.90 Å². The number of anilines is 2. The van der Waals surface area contributed by atoms with Crippen LogP contribution >= 0.6 is 11.5 Å². The second kappa shape index (κ2) is 6.01. The lowest BCUT2D eigenvalue weighted by atomic mass is 10.2. The molecule has 1 aromatic heterocycles. The van der Waals surface area contributed by atoms with E-state index >= 15 is 0 Å². The zero-order chi connectivity index (χ0) is 13.9. The van der Waals surface area contributed by atoms with Crippen molar-refractivity contribution in [2.75, 3.05) is 24.2 Å². The summed E-state index contributed by atoms with van der Waals surface area (Å²) in [5.41, 5.74) is 6.12. The number of carbonyl (C=O) groups is 1. The van der Waals surface area contributed by atoms with E-state index in [-0.39, 0.29) is 17.8 Å². The molecule has 0 spiro atoms. The van der Waals surface area contributed by atoms with Gasteiger partial charge in [0, 0.05) is 19.6 Å². The van der Waals surface area contributed by atoms with E-state index in [2.05, 4.69) is 9.69 Å². The Morgan fingerprint density at radius 2 is 2.17 bits per heavy atom. The van der Waals surface area contributed by atoms with Crippen LogP contribution in [0.25, 0.3) is 0 Å². The molecule has 1 atom stereocenters. The first-order valence-electron chi connectivity index (χ1n) is 5.78. The van der Waals surface area contributed by atoms with Crippen molar-refractivity contribution in [3.05, 3.63) is 5.56 Å². The highest BCUT2D eigenvalue weighted by Gasteiger charge is 2.22. The molecule has 1 rings (SSSR count). The maximum atomic E-state index is 12.0. The molecule has 0 bridgehead atoms. The molecule has 0 aliphatic carbocycles. The minimum Gasteiger partial charge on any atom is -0.392 e. The average Bonchev–Trinajstić information content (AvgIpc) is 2.57. The first kappa shape index (κ1) is 14.7. The molecular weight excluding hydrogens is 252 g/mol. The molecule has 1 aromatic rings. The van der Waals surface area contributed by atoms with E-state index in [9.17, 15) is 9.90 Å². The number of aromatic nitrogens is 1. The molecule has 6 nitrogen and oxygen atoms in total. The second-order valence-corrected chi connectivity index (χ2v) is 5.36. The Balaban J connectivity index is 2.97. The topological polar surface area (TPSA) is 91.5 Å². The van der Waals surface area contributed by atoms with Crippen LogP contribution < -0.4 is 16.0 Å². The Hall–Kier alpha value is -1.34. The number of hydrogen-bond donors (Lipinski definition) is 3. The SMILES string of the molecule is CC(O)CN(C)c1snc(N)c1C(=O)NC(C)C. The summed E-state index contributed by atoms with van der Waals surface area (Å²) in [7, 11) is 1.80. The van der Waals surface area contributed by atoms with Gasteiger partial charge in [-0.2, -0.15) is 4.37 Å². The number of nitrogens with zero attached hydrogens (tertiary/aromatic N) is 2. The van der Waals surface area contributed by atoms with Gasteiger partial charge in [-0.3, -0.25) is 4.79 Å². The van der Waals surface area contributed by atoms with Crippen LogP contribution in [0.3, 0.4) is 0 Å². The largest absolute Gasteiger partial charge is 0.392 e. The molecule has 1 heterocycles. The normalized spacial score (nSPS) is 12.6. The van der Waals surface area contributed by atoms with Crippen molar-refractivity contribution in [2.45, 2.75) is 32.9 Å². The fourth-order valence-electron chi connectivity index (χ4n) is 1.58. The van der Waals surface area contributed by atoms with Crippen molar-refractivity contribution in [1.82, 2.24) is 9.69 Å². The number of amides is 1. The Morgan fingerprint density at radius 1 is 1.56 bits per heavy atom. The predicted octanol–water partition coefficient (Wildman–Crippen LogP) is 0.680. The van der Waals surface area contributed by atoms with Gasteiger partial charge in [0.1, 0.15) is 10.6 Å². The van der Waals surface area contributed by atoms with Crippen LogP contribution in [-0.4, -0.2) is 41.1 Å². The molecule has 0 radical (unpaired) electrons. The van der Waals surface area contributed by atoms with E-state index in [1.54, 1.807) is 18.9 Å². The average molecular weight is 272 g/mol. The fraction of sp³-hybridized carbons (Fsp3) is 0.636. The van der Waals surface area contributed by atoms with Gasteiger partial charge in [-0.15, -0.1) is 0 Å². The van der Waals surface area contributed by atoms with Gasteiger partial charge in [-0.1, -0.05) is 0 Å². The number of aliphatic hydroxyl groups excluding tert-OH is 1. The Morgan fingerprint density at radius 3 is 2.67 bits per heavy atom. The van der Waals surface area contributed by atoms with E-state index in [1.807, 2.05) is 13.8 Å². The van der Waals surface area contributed by atoms with Gasteiger partial charge in [0.25, 0.3) is 5.91 Å². The minimum atomic E-state index is -0.487. The van der Waals surface area contributed by atoms with Crippen LogP contribution in [0.4, 0.5) is 10.8 Å².